The summed E-state index contributed by atoms with van der Waals surface area (Å²) in [5.41, 5.74) is 0. The molecule has 1 aliphatic carbocycles. The van der Waals surface area contributed by atoms with Crippen LogP contribution in [0.15, 0.2) is 0 Å². The highest BCUT2D eigenvalue weighted by atomic mass is 16.4. The molecule has 9 nitrogen and oxygen atoms in total. The van der Waals surface area contributed by atoms with Gasteiger partial charge in [0.1, 0.15) is 6.04 Å². The highest BCUT2D eigenvalue weighted by Gasteiger charge is 2.29. The van der Waals surface area contributed by atoms with Crippen molar-refractivity contribution in [2.75, 3.05) is 13.1 Å². The fourth-order valence-corrected chi connectivity index (χ4v) is 1.59. The van der Waals surface area contributed by atoms with Crippen molar-refractivity contribution in [3.63, 3.8) is 0 Å². The molecule has 0 radical (unpaired) electrons. The van der Waals surface area contributed by atoms with Gasteiger partial charge in [-0.05, 0) is 19.3 Å². The monoisotopic (exact) mass is 301 g/mol. The van der Waals surface area contributed by atoms with Gasteiger partial charge in [0, 0.05) is 25.4 Å². The molecule has 0 unspecified atom stereocenters. The summed E-state index contributed by atoms with van der Waals surface area (Å²) in [6.45, 7) is 0.422. The van der Waals surface area contributed by atoms with Gasteiger partial charge in [-0.2, -0.15) is 0 Å². The van der Waals surface area contributed by atoms with Crippen LogP contribution in [0.5, 0.6) is 0 Å². The zero-order chi connectivity index (χ0) is 15.8. The molecule has 118 valence electrons. The van der Waals surface area contributed by atoms with Crippen LogP contribution in [0.1, 0.15) is 25.7 Å². The first kappa shape index (κ1) is 16.7. The smallest absolute Gasteiger partial charge is 0.326 e. The number of carboxylic acids is 2. The summed E-state index contributed by atoms with van der Waals surface area (Å²) in [6.07, 6.45) is 1.23. The van der Waals surface area contributed by atoms with E-state index in [4.69, 9.17) is 10.2 Å². The predicted octanol–water partition coefficient (Wildman–Crippen LogP) is -0.870. The summed E-state index contributed by atoms with van der Waals surface area (Å²) >= 11 is 0. The van der Waals surface area contributed by atoms with Crippen LogP contribution in [0.3, 0.4) is 0 Å². The van der Waals surface area contributed by atoms with Crippen molar-refractivity contribution in [3.8, 4) is 0 Å². The molecule has 0 spiro atoms. The molecule has 1 aliphatic rings. The van der Waals surface area contributed by atoms with E-state index < -0.39 is 24.0 Å². The lowest BCUT2D eigenvalue weighted by atomic mass is 10.1. The van der Waals surface area contributed by atoms with E-state index in [9.17, 15) is 19.2 Å². The van der Waals surface area contributed by atoms with Crippen LogP contribution in [0.2, 0.25) is 0 Å². The van der Waals surface area contributed by atoms with Crippen LogP contribution < -0.4 is 16.0 Å². The van der Waals surface area contributed by atoms with Gasteiger partial charge in [0.15, 0.2) is 0 Å². The van der Waals surface area contributed by atoms with E-state index >= 15 is 0 Å². The molecule has 0 aromatic carbocycles. The Morgan fingerprint density at radius 1 is 1.05 bits per heavy atom. The highest BCUT2D eigenvalue weighted by Crippen LogP contribution is 2.28. The molecule has 0 aromatic heterocycles. The zero-order valence-corrected chi connectivity index (χ0v) is 11.4. The van der Waals surface area contributed by atoms with Crippen LogP contribution in [-0.2, 0) is 14.4 Å². The molecule has 1 rings (SSSR count). The normalized spacial score (nSPS) is 14.9. The third-order valence-electron chi connectivity index (χ3n) is 2.91. The Labute approximate surface area is 121 Å². The van der Waals surface area contributed by atoms with Crippen molar-refractivity contribution in [3.05, 3.63) is 0 Å². The lowest BCUT2D eigenvalue weighted by Crippen LogP contribution is -2.47. The molecule has 0 bridgehead atoms. The maximum atomic E-state index is 11.4. The van der Waals surface area contributed by atoms with E-state index in [-0.39, 0.29) is 37.8 Å². The molecule has 0 aromatic rings. The van der Waals surface area contributed by atoms with Crippen molar-refractivity contribution in [1.82, 2.24) is 16.0 Å². The fourth-order valence-electron chi connectivity index (χ4n) is 1.59. The Bertz CT molecular complexity index is 421. The molecule has 3 amide bonds. The Balaban J connectivity index is 2.18. The molecular formula is C12H19N3O6. The van der Waals surface area contributed by atoms with E-state index in [0.717, 1.165) is 12.8 Å². The minimum Gasteiger partial charge on any atom is -0.481 e. The highest BCUT2D eigenvalue weighted by molar-refractivity contribution is 5.83. The first-order valence-corrected chi connectivity index (χ1v) is 6.67. The third kappa shape index (κ3) is 7.14. The summed E-state index contributed by atoms with van der Waals surface area (Å²) in [6, 6.07) is -1.98. The van der Waals surface area contributed by atoms with Crippen LogP contribution in [0.4, 0.5) is 4.79 Å². The van der Waals surface area contributed by atoms with Gasteiger partial charge < -0.3 is 26.2 Å². The summed E-state index contributed by atoms with van der Waals surface area (Å²) in [5.74, 6) is -2.38. The predicted molar refractivity (Wildman–Crippen MR) is 70.6 cm³/mol. The largest absolute Gasteiger partial charge is 0.481 e. The third-order valence-corrected chi connectivity index (χ3v) is 2.91. The van der Waals surface area contributed by atoms with Crippen LogP contribution in [-0.4, -0.2) is 53.2 Å². The van der Waals surface area contributed by atoms with Gasteiger partial charge >= 0.3 is 18.0 Å². The first-order valence-electron chi connectivity index (χ1n) is 6.67. The molecule has 9 heteroatoms. The number of amides is 3. The van der Waals surface area contributed by atoms with Gasteiger partial charge in [-0.25, -0.2) is 9.59 Å². The SMILES string of the molecule is O=C(O)CC[C@H](NC(=O)NCCNC(=O)C1CC1)C(=O)O. The fraction of sp³-hybridized carbons (Fsp3) is 0.667. The zero-order valence-electron chi connectivity index (χ0n) is 11.4. The van der Waals surface area contributed by atoms with Crippen molar-refractivity contribution >= 4 is 23.9 Å². The summed E-state index contributed by atoms with van der Waals surface area (Å²) < 4.78 is 0. The summed E-state index contributed by atoms with van der Waals surface area (Å²) in [7, 11) is 0. The van der Waals surface area contributed by atoms with Crippen LogP contribution in [0.25, 0.3) is 0 Å². The topological polar surface area (TPSA) is 145 Å². The van der Waals surface area contributed by atoms with E-state index in [1.165, 1.54) is 0 Å². The Hall–Kier alpha value is -2.32. The van der Waals surface area contributed by atoms with Crippen molar-refractivity contribution in [2.45, 2.75) is 31.7 Å². The molecular weight excluding hydrogens is 282 g/mol. The van der Waals surface area contributed by atoms with E-state index in [1.54, 1.807) is 0 Å². The number of hydrogen-bond acceptors (Lipinski definition) is 4. The van der Waals surface area contributed by atoms with Gasteiger partial charge in [0.05, 0.1) is 0 Å². The van der Waals surface area contributed by atoms with Gasteiger partial charge in [-0.15, -0.1) is 0 Å². The molecule has 5 N–H and O–H groups in total. The number of carboxylic acid groups (broad SMARTS) is 2. The van der Waals surface area contributed by atoms with Gasteiger partial charge in [-0.3, -0.25) is 9.59 Å². The minimum atomic E-state index is -1.30. The summed E-state index contributed by atoms with van der Waals surface area (Å²) in [4.78, 5) is 44.0. The van der Waals surface area contributed by atoms with Gasteiger partial charge in [-0.1, -0.05) is 0 Å². The lowest BCUT2D eigenvalue weighted by molar-refractivity contribution is -0.140. The van der Waals surface area contributed by atoms with Crippen molar-refractivity contribution in [1.29, 1.82) is 0 Å². The first-order chi connectivity index (χ1) is 9.90. The number of aliphatic carboxylic acids is 2. The van der Waals surface area contributed by atoms with Gasteiger partial charge in [0.25, 0.3) is 0 Å². The van der Waals surface area contributed by atoms with Crippen molar-refractivity contribution in [2.24, 2.45) is 5.92 Å². The molecule has 0 saturated heterocycles. The van der Waals surface area contributed by atoms with Crippen molar-refractivity contribution < 1.29 is 29.4 Å². The maximum absolute atomic E-state index is 11.4. The Morgan fingerprint density at radius 2 is 1.67 bits per heavy atom. The van der Waals surface area contributed by atoms with Gasteiger partial charge in [0.2, 0.25) is 5.91 Å². The van der Waals surface area contributed by atoms with Crippen LogP contribution in [0, 0.1) is 5.92 Å². The second kappa shape index (κ2) is 8.08. The second-order valence-electron chi connectivity index (χ2n) is 4.79. The number of hydrogen-bond donors (Lipinski definition) is 5. The maximum Gasteiger partial charge on any atom is 0.326 e. The second-order valence-corrected chi connectivity index (χ2v) is 4.79. The molecule has 1 atom stereocenters. The quantitative estimate of drug-likeness (QED) is 0.350. The molecule has 21 heavy (non-hydrogen) atoms. The van der Waals surface area contributed by atoms with Crippen LogP contribution >= 0.6 is 0 Å². The number of carbonyl (C=O) groups excluding carboxylic acids is 2. The molecule has 0 heterocycles. The lowest BCUT2D eigenvalue weighted by Gasteiger charge is -2.14. The summed E-state index contributed by atoms with van der Waals surface area (Å²) in [5, 5.41) is 24.6. The minimum absolute atomic E-state index is 0.0397. The molecule has 0 aliphatic heterocycles. The van der Waals surface area contributed by atoms with E-state index in [1.807, 2.05) is 0 Å². The number of nitrogens with one attached hydrogen (secondary N) is 3. The average molecular weight is 301 g/mol. The average Bonchev–Trinajstić information content (AvgIpc) is 3.23. The number of carbonyl (C=O) groups is 4. The Kier molecular flexibility index (Phi) is 6.44. The van der Waals surface area contributed by atoms with E-state index in [2.05, 4.69) is 16.0 Å². The Morgan fingerprint density at radius 3 is 2.19 bits per heavy atom. The number of urea groups is 1. The van der Waals surface area contributed by atoms with E-state index in [0.29, 0.717) is 0 Å². The molecule has 1 saturated carbocycles. The number of rotatable bonds is 9. The molecule has 1 fully saturated rings. The standard InChI is InChI=1S/C12H19N3O6/c16-9(17)4-3-8(11(19)20)15-12(21)14-6-5-13-10(18)7-1-2-7/h7-8H,1-6H2,(H,13,18)(H,16,17)(H,19,20)(H2,14,15,21)/t8-/m0/s1.